The first kappa shape index (κ1) is 10.9. The molecule has 1 fully saturated rings. The van der Waals surface area contributed by atoms with Crippen LogP contribution in [0.1, 0.15) is 24.8 Å². The lowest BCUT2D eigenvalue weighted by Crippen LogP contribution is -2.33. The predicted molar refractivity (Wildman–Crippen MR) is 60.8 cm³/mol. The van der Waals surface area contributed by atoms with E-state index in [1.807, 2.05) is 6.07 Å². The zero-order chi connectivity index (χ0) is 10.8. The van der Waals surface area contributed by atoms with E-state index in [1.165, 1.54) is 6.07 Å². The Hall–Kier alpha value is -0.600. The lowest BCUT2D eigenvalue weighted by Gasteiger charge is -2.30. The maximum Gasteiger partial charge on any atom is 0.141 e. The van der Waals surface area contributed by atoms with Crippen LogP contribution in [0.25, 0.3) is 0 Å². The van der Waals surface area contributed by atoms with Gasteiger partial charge >= 0.3 is 0 Å². The number of nitrogens with one attached hydrogen (secondary N) is 1. The van der Waals surface area contributed by atoms with Gasteiger partial charge in [0.05, 0.1) is 5.02 Å². The van der Waals surface area contributed by atoms with Gasteiger partial charge in [-0.2, -0.15) is 0 Å². The third-order valence-electron chi connectivity index (χ3n) is 3.16. The normalized spacial score (nSPS) is 26.6. The summed E-state index contributed by atoms with van der Waals surface area (Å²) in [6.45, 7) is 4.28. The molecule has 2 unspecified atom stereocenters. The minimum atomic E-state index is -0.331. The fourth-order valence-corrected chi connectivity index (χ4v) is 2.44. The van der Waals surface area contributed by atoms with Gasteiger partial charge in [-0.1, -0.05) is 24.6 Å². The highest BCUT2D eigenvalue weighted by atomic mass is 35.5. The van der Waals surface area contributed by atoms with E-state index in [4.69, 9.17) is 11.6 Å². The molecule has 0 saturated carbocycles. The van der Waals surface area contributed by atoms with Crippen molar-refractivity contribution < 1.29 is 4.39 Å². The quantitative estimate of drug-likeness (QED) is 0.777. The third-order valence-corrected chi connectivity index (χ3v) is 3.45. The van der Waals surface area contributed by atoms with Crippen LogP contribution in [0.3, 0.4) is 0 Å². The zero-order valence-corrected chi connectivity index (χ0v) is 9.52. The molecule has 15 heavy (non-hydrogen) atoms. The Morgan fingerprint density at radius 3 is 2.93 bits per heavy atom. The standard InChI is InChI=1S/C12H15ClFN/c1-8-7-15-5-4-10(8)9-2-3-12(14)11(13)6-9/h2-3,6,8,10,15H,4-5,7H2,1H3. The molecular weight excluding hydrogens is 213 g/mol. The van der Waals surface area contributed by atoms with Crippen LogP contribution >= 0.6 is 11.6 Å². The molecule has 1 nitrogen and oxygen atoms in total. The second-order valence-electron chi connectivity index (χ2n) is 4.25. The zero-order valence-electron chi connectivity index (χ0n) is 8.76. The summed E-state index contributed by atoms with van der Waals surface area (Å²) in [6, 6.07) is 5.09. The summed E-state index contributed by atoms with van der Waals surface area (Å²) in [5.74, 6) is 0.756. The van der Waals surface area contributed by atoms with E-state index in [9.17, 15) is 4.39 Å². The molecule has 1 N–H and O–H groups in total. The van der Waals surface area contributed by atoms with Crippen LogP contribution in [0.15, 0.2) is 18.2 Å². The van der Waals surface area contributed by atoms with Crippen LogP contribution in [0.5, 0.6) is 0 Å². The van der Waals surface area contributed by atoms with Crippen molar-refractivity contribution in [3.63, 3.8) is 0 Å². The van der Waals surface area contributed by atoms with Crippen LogP contribution in [0.2, 0.25) is 5.02 Å². The SMILES string of the molecule is CC1CNCCC1c1ccc(F)c(Cl)c1. The molecule has 1 saturated heterocycles. The molecule has 0 spiro atoms. The first-order valence-electron chi connectivity index (χ1n) is 5.34. The molecule has 1 aromatic rings. The molecule has 2 atom stereocenters. The van der Waals surface area contributed by atoms with Crippen LogP contribution in [-0.4, -0.2) is 13.1 Å². The highest BCUT2D eigenvalue weighted by Crippen LogP contribution is 2.31. The van der Waals surface area contributed by atoms with Gasteiger partial charge in [0, 0.05) is 0 Å². The highest BCUT2D eigenvalue weighted by molar-refractivity contribution is 6.30. The molecule has 82 valence electrons. The Labute approximate surface area is 94.6 Å². The molecule has 2 rings (SSSR count). The summed E-state index contributed by atoms with van der Waals surface area (Å²) >= 11 is 5.79. The van der Waals surface area contributed by atoms with E-state index in [2.05, 4.69) is 12.2 Å². The maximum absolute atomic E-state index is 13.0. The number of rotatable bonds is 1. The molecule has 0 aliphatic carbocycles. The summed E-state index contributed by atoms with van der Waals surface area (Å²) in [5.41, 5.74) is 1.16. The van der Waals surface area contributed by atoms with Gasteiger partial charge < -0.3 is 5.32 Å². The van der Waals surface area contributed by atoms with Gasteiger partial charge in [-0.05, 0) is 49.0 Å². The van der Waals surface area contributed by atoms with Crippen molar-refractivity contribution >= 4 is 11.6 Å². The molecular formula is C12H15ClFN. The second kappa shape index (κ2) is 4.50. The average molecular weight is 228 g/mol. The fraction of sp³-hybridized carbons (Fsp3) is 0.500. The first-order valence-corrected chi connectivity index (χ1v) is 5.72. The van der Waals surface area contributed by atoms with Crippen molar-refractivity contribution in [1.29, 1.82) is 0 Å². The van der Waals surface area contributed by atoms with Crippen molar-refractivity contribution in [2.45, 2.75) is 19.3 Å². The first-order chi connectivity index (χ1) is 7.18. The van der Waals surface area contributed by atoms with Gasteiger partial charge in [0.1, 0.15) is 5.82 Å². The van der Waals surface area contributed by atoms with Crippen LogP contribution < -0.4 is 5.32 Å². The average Bonchev–Trinajstić information content (AvgIpc) is 2.23. The van der Waals surface area contributed by atoms with Crippen molar-refractivity contribution in [2.24, 2.45) is 5.92 Å². The second-order valence-corrected chi connectivity index (χ2v) is 4.66. The summed E-state index contributed by atoms with van der Waals surface area (Å²) in [7, 11) is 0. The predicted octanol–water partition coefficient (Wildman–Crippen LogP) is 3.19. The molecule has 0 aromatic heterocycles. The fourth-order valence-electron chi connectivity index (χ4n) is 2.25. The molecule has 1 heterocycles. The summed E-state index contributed by atoms with van der Waals surface area (Å²) in [4.78, 5) is 0. The van der Waals surface area contributed by atoms with Crippen molar-refractivity contribution in [1.82, 2.24) is 5.32 Å². The van der Waals surface area contributed by atoms with Gasteiger partial charge in [0.25, 0.3) is 0 Å². The summed E-state index contributed by atoms with van der Waals surface area (Å²) < 4.78 is 13.0. The molecule has 0 radical (unpaired) electrons. The molecule has 1 aliphatic heterocycles. The Morgan fingerprint density at radius 1 is 1.47 bits per heavy atom. The van der Waals surface area contributed by atoms with Crippen LogP contribution in [0, 0.1) is 11.7 Å². The lowest BCUT2D eigenvalue weighted by atomic mass is 9.82. The number of hydrogen-bond donors (Lipinski definition) is 1. The van der Waals surface area contributed by atoms with E-state index >= 15 is 0 Å². The van der Waals surface area contributed by atoms with Gasteiger partial charge in [-0.15, -0.1) is 0 Å². The van der Waals surface area contributed by atoms with Crippen LogP contribution in [-0.2, 0) is 0 Å². The lowest BCUT2D eigenvalue weighted by molar-refractivity contribution is 0.349. The third kappa shape index (κ3) is 2.32. The monoisotopic (exact) mass is 227 g/mol. The van der Waals surface area contributed by atoms with E-state index in [0.717, 1.165) is 25.1 Å². The molecule has 0 amide bonds. The van der Waals surface area contributed by atoms with Gasteiger partial charge in [0.2, 0.25) is 0 Å². The number of piperidine rings is 1. The summed E-state index contributed by atoms with van der Waals surface area (Å²) in [6.07, 6.45) is 1.10. The van der Waals surface area contributed by atoms with E-state index in [-0.39, 0.29) is 10.8 Å². The molecule has 0 bridgehead atoms. The minimum absolute atomic E-state index is 0.234. The largest absolute Gasteiger partial charge is 0.316 e. The van der Waals surface area contributed by atoms with E-state index in [1.54, 1.807) is 6.07 Å². The van der Waals surface area contributed by atoms with E-state index < -0.39 is 0 Å². The van der Waals surface area contributed by atoms with Crippen molar-refractivity contribution in [3.05, 3.63) is 34.6 Å². The Morgan fingerprint density at radius 2 is 2.27 bits per heavy atom. The smallest absolute Gasteiger partial charge is 0.141 e. The minimum Gasteiger partial charge on any atom is -0.316 e. The summed E-state index contributed by atoms with van der Waals surface area (Å²) in [5, 5.41) is 3.59. The van der Waals surface area contributed by atoms with Gasteiger partial charge in [0.15, 0.2) is 0 Å². The van der Waals surface area contributed by atoms with Gasteiger partial charge in [-0.25, -0.2) is 4.39 Å². The Kier molecular flexibility index (Phi) is 3.27. The highest BCUT2D eigenvalue weighted by Gasteiger charge is 2.22. The number of benzene rings is 1. The topological polar surface area (TPSA) is 12.0 Å². The van der Waals surface area contributed by atoms with Crippen molar-refractivity contribution in [3.8, 4) is 0 Å². The molecule has 3 heteroatoms. The maximum atomic E-state index is 13.0. The van der Waals surface area contributed by atoms with E-state index in [0.29, 0.717) is 11.8 Å². The number of hydrogen-bond acceptors (Lipinski definition) is 1. The number of halogens is 2. The van der Waals surface area contributed by atoms with Crippen molar-refractivity contribution in [2.75, 3.05) is 13.1 Å². The Bertz CT molecular complexity index is 353. The van der Waals surface area contributed by atoms with Crippen LogP contribution in [0.4, 0.5) is 4.39 Å². The van der Waals surface area contributed by atoms with Gasteiger partial charge in [-0.3, -0.25) is 0 Å². The Balaban J connectivity index is 2.24. The molecule has 1 aromatic carbocycles. The molecule has 1 aliphatic rings.